The zero-order valence-corrected chi connectivity index (χ0v) is 9.34. The van der Waals surface area contributed by atoms with E-state index in [1.165, 1.54) is 0 Å². The molecule has 84 valence electrons. The molecule has 0 radical (unpaired) electrons. The van der Waals surface area contributed by atoms with Gasteiger partial charge in [-0.3, -0.25) is 0 Å². The number of ether oxygens (including phenoxy) is 1. The number of rotatable bonds is 2. The van der Waals surface area contributed by atoms with Crippen molar-refractivity contribution in [2.45, 2.75) is 0 Å². The summed E-state index contributed by atoms with van der Waals surface area (Å²) in [6, 6.07) is 7.83. The summed E-state index contributed by atoms with van der Waals surface area (Å²) < 4.78 is 5.27. The van der Waals surface area contributed by atoms with Gasteiger partial charge in [-0.05, 0) is 24.3 Å². The fraction of sp³-hybridized carbons (Fsp3) is 0.0769. The van der Waals surface area contributed by atoms with Crippen LogP contribution in [0.25, 0.3) is 22.2 Å². The average Bonchev–Trinajstić information content (AvgIpc) is 2.82. The van der Waals surface area contributed by atoms with Crippen LogP contribution in [0.2, 0.25) is 0 Å². The lowest BCUT2D eigenvalue weighted by molar-refractivity contribution is 0.400. The highest BCUT2D eigenvalue weighted by Crippen LogP contribution is 2.32. The molecule has 3 rings (SSSR count). The van der Waals surface area contributed by atoms with Gasteiger partial charge < -0.3 is 9.72 Å². The lowest BCUT2D eigenvalue weighted by Crippen LogP contribution is -1.90. The van der Waals surface area contributed by atoms with Crippen LogP contribution >= 0.6 is 0 Å². The van der Waals surface area contributed by atoms with E-state index in [-0.39, 0.29) is 0 Å². The first-order chi connectivity index (χ1) is 8.40. The third kappa shape index (κ3) is 1.54. The molecule has 0 aliphatic heterocycles. The van der Waals surface area contributed by atoms with Gasteiger partial charge >= 0.3 is 0 Å². The maximum atomic E-state index is 5.27. The highest BCUT2D eigenvalue weighted by Gasteiger charge is 2.11. The first kappa shape index (κ1) is 9.84. The molecule has 0 bridgehead atoms. The Balaban J connectivity index is 2.27. The Kier molecular flexibility index (Phi) is 2.26. The highest BCUT2D eigenvalue weighted by atomic mass is 16.5. The van der Waals surface area contributed by atoms with Gasteiger partial charge in [0.1, 0.15) is 5.65 Å². The number of aromatic amines is 1. The molecule has 0 saturated heterocycles. The van der Waals surface area contributed by atoms with Crippen molar-refractivity contribution in [2.24, 2.45) is 0 Å². The lowest BCUT2D eigenvalue weighted by Gasteiger charge is -2.05. The van der Waals surface area contributed by atoms with Gasteiger partial charge in [0.2, 0.25) is 5.88 Å². The normalized spacial score (nSPS) is 10.6. The molecule has 3 aromatic heterocycles. The number of nitrogens with one attached hydrogen (secondary N) is 1. The Morgan fingerprint density at radius 1 is 1.06 bits per heavy atom. The van der Waals surface area contributed by atoms with Gasteiger partial charge in [-0.2, -0.15) is 0 Å². The summed E-state index contributed by atoms with van der Waals surface area (Å²) in [7, 11) is 1.62. The number of fused-ring (bicyclic) bond motifs is 1. The first-order valence-electron chi connectivity index (χ1n) is 5.31. The van der Waals surface area contributed by atoms with E-state index in [1.54, 1.807) is 19.5 Å². The number of hydrogen-bond acceptors (Lipinski definition) is 3. The molecule has 17 heavy (non-hydrogen) atoms. The van der Waals surface area contributed by atoms with Gasteiger partial charge in [-0.25, -0.2) is 9.97 Å². The van der Waals surface area contributed by atoms with Crippen LogP contribution in [-0.4, -0.2) is 22.1 Å². The fourth-order valence-electron chi connectivity index (χ4n) is 1.94. The van der Waals surface area contributed by atoms with Crippen molar-refractivity contribution >= 4 is 11.0 Å². The molecule has 0 fully saturated rings. The Hall–Kier alpha value is -2.36. The monoisotopic (exact) mass is 225 g/mol. The molecule has 0 unspecified atom stereocenters. The minimum atomic E-state index is 0.622. The van der Waals surface area contributed by atoms with E-state index in [0.717, 1.165) is 22.2 Å². The molecule has 1 N–H and O–H groups in total. The molecule has 4 heteroatoms. The van der Waals surface area contributed by atoms with Gasteiger partial charge in [0.15, 0.2) is 0 Å². The SMILES string of the molecule is COc1ncccc1-c1c[nH]c2ncccc12. The molecule has 0 spiro atoms. The van der Waals surface area contributed by atoms with Crippen LogP contribution in [0.4, 0.5) is 0 Å². The van der Waals surface area contributed by atoms with Gasteiger partial charge in [0.05, 0.1) is 7.11 Å². The molecule has 0 aliphatic rings. The number of aromatic nitrogens is 3. The molecule has 3 aromatic rings. The smallest absolute Gasteiger partial charge is 0.221 e. The number of methoxy groups -OCH3 is 1. The summed E-state index contributed by atoms with van der Waals surface area (Å²) in [6.45, 7) is 0. The second-order valence-corrected chi connectivity index (χ2v) is 3.66. The summed E-state index contributed by atoms with van der Waals surface area (Å²) in [6.07, 6.45) is 5.41. The summed E-state index contributed by atoms with van der Waals surface area (Å²) >= 11 is 0. The molecule has 0 aromatic carbocycles. The van der Waals surface area contributed by atoms with Crippen molar-refractivity contribution in [3.05, 3.63) is 42.9 Å². The van der Waals surface area contributed by atoms with Crippen molar-refractivity contribution in [3.63, 3.8) is 0 Å². The van der Waals surface area contributed by atoms with E-state index in [0.29, 0.717) is 5.88 Å². The zero-order chi connectivity index (χ0) is 11.7. The van der Waals surface area contributed by atoms with E-state index < -0.39 is 0 Å². The van der Waals surface area contributed by atoms with Gasteiger partial charge in [-0.1, -0.05) is 0 Å². The molecular formula is C13H11N3O. The van der Waals surface area contributed by atoms with Crippen molar-refractivity contribution < 1.29 is 4.74 Å². The minimum Gasteiger partial charge on any atom is -0.481 e. The van der Waals surface area contributed by atoms with Crippen LogP contribution in [-0.2, 0) is 0 Å². The highest BCUT2D eigenvalue weighted by molar-refractivity contribution is 5.94. The van der Waals surface area contributed by atoms with Crippen molar-refractivity contribution in [1.29, 1.82) is 0 Å². The zero-order valence-electron chi connectivity index (χ0n) is 9.34. The minimum absolute atomic E-state index is 0.622. The Morgan fingerprint density at radius 3 is 2.76 bits per heavy atom. The van der Waals surface area contributed by atoms with Gasteiger partial charge in [0, 0.05) is 35.1 Å². The van der Waals surface area contributed by atoms with Crippen LogP contribution < -0.4 is 4.74 Å². The number of hydrogen-bond donors (Lipinski definition) is 1. The standard InChI is InChI=1S/C13H11N3O/c1-17-13-10(5-3-7-15-13)11-8-16-12-9(11)4-2-6-14-12/h2-8H,1H3,(H,14,16). The summed E-state index contributed by atoms with van der Waals surface area (Å²) in [5, 5.41) is 1.07. The number of pyridine rings is 2. The second-order valence-electron chi connectivity index (χ2n) is 3.66. The summed E-state index contributed by atoms with van der Waals surface area (Å²) in [4.78, 5) is 11.6. The third-order valence-electron chi connectivity index (χ3n) is 2.71. The number of H-pyrrole nitrogens is 1. The van der Waals surface area contributed by atoms with E-state index in [1.807, 2.05) is 30.5 Å². The Morgan fingerprint density at radius 2 is 1.88 bits per heavy atom. The molecule has 0 saturated carbocycles. The summed E-state index contributed by atoms with van der Waals surface area (Å²) in [5.41, 5.74) is 2.89. The predicted octanol–water partition coefficient (Wildman–Crippen LogP) is 2.63. The van der Waals surface area contributed by atoms with E-state index >= 15 is 0 Å². The lowest BCUT2D eigenvalue weighted by atomic mass is 10.1. The first-order valence-corrected chi connectivity index (χ1v) is 5.31. The maximum Gasteiger partial charge on any atom is 0.221 e. The average molecular weight is 225 g/mol. The predicted molar refractivity (Wildman–Crippen MR) is 65.9 cm³/mol. The topological polar surface area (TPSA) is 50.8 Å². The van der Waals surface area contributed by atoms with Crippen LogP contribution in [0, 0.1) is 0 Å². The molecule has 4 nitrogen and oxygen atoms in total. The molecular weight excluding hydrogens is 214 g/mol. The Labute approximate surface area is 98.3 Å². The van der Waals surface area contributed by atoms with E-state index in [4.69, 9.17) is 4.74 Å². The van der Waals surface area contributed by atoms with E-state index in [9.17, 15) is 0 Å². The van der Waals surface area contributed by atoms with Crippen LogP contribution in [0.1, 0.15) is 0 Å². The third-order valence-corrected chi connectivity index (χ3v) is 2.71. The van der Waals surface area contributed by atoms with Gasteiger partial charge in [-0.15, -0.1) is 0 Å². The maximum absolute atomic E-state index is 5.27. The van der Waals surface area contributed by atoms with Crippen LogP contribution in [0.3, 0.4) is 0 Å². The van der Waals surface area contributed by atoms with Crippen molar-refractivity contribution in [2.75, 3.05) is 7.11 Å². The fourth-order valence-corrected chi connectivity index (χ4v) is 1.94. The van der Waals surface area contributed by atoms with E-state index in [2.05, 4.69) is 15.0 Å². The quantitative estimate of drug-likeness (QED) is 0.729. The molecule has 3 heterocycles. The largest absolute Gasteiger partial charge is 0.481 e. The summed E-state index contributed by atoms with van der Waals surface area (Å²) in [5.74, 6) is 0.622. The second kappa shape index (κ2) is 3.90. The molecule has 0 amide bonds. The Bertz CT molecular complexity index is 660. The molecule has 0 aliphatic carbocycles. The van der Waals surface area contributed by atoms with Crippen LogP contribution in [0.15, 0.2) is 42.9 Å². The van der Waals surface area contributed by atoms with Crippen molar-refractivity contribution in [1.82, 2.24) is 15.0 Å². The van der Waals surface area contributed by atoms with Gasteiger partial charge in [0.25, 0.3) is 0 Å². The number of nitrogens with zero attached hydrogens (tertiary/aromatic N) is 2. The van der Waals surface area contributed by atoms with Crippen LogP contribution in [0.5, 0.6) is 5.88 Å². The molecule has 0 atom stereocenters. The van der Waals surface area contributed by atoms with Crippen molar-refractivity contribution in [3.8, 4) is 17.0 Å².